The Labute approximate surface area is 150 Å². The molecule has 0 unspecified atom stereocenters. The predicted molar refractivity (Wildman–Crippen MR) is 97.5 cm³/mol. The second kappa shape index (κ2) is 7.26. The first kappa shape index (κ1) is 16.7. The highest BCUT2D eigenvalue weighted by molar-refractivity contribution is 5.24. The second-order valence-corrected chi connectivity index (χ2v) is 7.55. The van der Waals surface area contributed by atoms with Crippen molar-refractivity contribution in [1.29, 1.82) is 0 Å². The summed E-state index contributed by atoms with van der Waals surface area (Å²) in [5.74, 6) is 2.74. The van der Waals surface area contributed by atoms with Gasteiger partial charge in [-0.1, -0.05) is 38.1 Å². The van der Waals surface area contributed by atoms with Crippen LogP contribution in [0, 0.1) is 0 Å². The molecule has 134 valence electrons. The summed E-state index contributed by atoms with van der Waals surface area (Å²) in [5, 5.41) is 8.87. The summed E-state index contributed by atoms with van der Waals surface area (Å²) >= 11 is 0. The molecule has 2 aliphatic rings. The minimum absolute atomic E-state index is 0.149. The zero-order valence-corrected chi connectivity index (χ0v) is 15.3. The molecule has 5 nitrogen and oxygen atoms in total. The molecule has 3 heterocycles. The molecule has 0 aliphatic carbocycles. The van der Waals surface area contributed by atoms with Gasteiger partial charge in [0.05, 0.1) is 0 Å². The van der Waals surface area contributed by atoms with E-state index in [0.29, 0.717) is 5.92 Å². The number of ether oxygens (including phenoxy) is 1. The molecule has 2 aliphatic heterocycles. The van der Waals surface area contributed by atoms with E-state index in [2.05, 4.69) is 57.8 Å². The number of aromatic nitrogens is 3. The Morgan fingerprint density at radius 2 is 1.96 bits per heavy atom. The molecule has 1 aromatic carbocycles. The fourth-order valence-corrected chi connectivity index (χ4v) is 3.83. The smallest absolute Gasteiger partial charge is 0.162 e. The highest BCUT2D eigenvalue weighted by Crippen LogP contribution is 2.28. The van der Waals surface area contributed by atoms with E-state index in [1.54, 1.807) is 0 Å². The Hall–Kier alpha value is -1.72. The molecule has 0 amide bonds. The van der Waals surface area contributed by atoms with E-state index in [9.17, 15) is 0 Å². The molecule has 1 aromatic heterocycles. The van der Waals surface area contributed by atoms with E-state index >= 15 is 0 Å². The molecule has 25 heavy (non-hydrogen) atoms. The lowest BCUT2D eigenvalue weighted by Crippen LogP contribution is -2.27. The Morgan fingerprint density at radius 1 is 1.12 bits per heavy atom. The van der Waals surface area contributed by atoms with Crippen molar-refractivity contribution < 1.29 is 4.74 Å². The third-order valence-corrected chi connectivity index (χ3v) is 5.42. The van der Waals surface area contributed by atoms with Gasteiger partial charge in [0, 0.05) is 39.2 Å². The van der Waals surface area contributed by atoms with Gasteiger partial charge in [-0.05, 0) is 29.9 Å². The number of nitrogens with zero attached hydrogens (tertiary/aromatic N) is 4. The van der Waals surface area contributed by atoms with Gasteiger partial charge < -0.3 is 9.30 Å². The first-order valence-corrected chi connectivity index (χ1v) is 9.55. The van der Waals surface area contributed by atoms with Crippen molar-refractivity contribution in [3.63, 3.8) is 0 Å². The molecule has 0 bridgehead atoms. The van der Waals surface area contributed by atoms with Crippen LogP contribution in [0.2, 0.25) is 0 Å². The van der Waals surface area contributed by atoms with Crippen molar-refractivity contribution >= 4 is 0 Å². The van der Waals surface area contributed by atoms with Crippen molar-refractivity contribution in [2.75, 3.05) is 19.7 Å². The summed E-state index contributed by atoms with van der Waals surface area (Å²) in [6, 6.07) is 9.08. The highest BCUT2D eigenvalue weighted by Gasteiger charge is 2.26. The predicted octanol–water partition coefficient (Wildman–Crippen LogP) is 3.31. The lowest BCUT2D eigenvalue weighted by Gasteiger charge is -2.20. The zero-order chi connectivity index (χ0) is 17.2. The van der Waals surface area contributed by atoms with Crippen LogP contribution in [0.5, 0.6) is 0 Å². The largest absolute Gasteiger partial charge is 0.370 e. The van der Waals surface area contributed by atoms with Crippen LogP contribution in [0.4, 0.5) is 0 Å². The average Bonchev–Trinajstić information content (AvgIpc) is 3.23. The van der Waals surface area contributed by atoms with Crippen molar-refractivity contribution in [3.8, 4) is 0 Å². The SMILES string of the molecule is CC(C)c1ccc(CN2CCc3nnc([C@@H]4CCCO4)n3CC2)cc1. The first-order chi connectivity index (χ1) is 12.2. The maximum atomic E-state index is 5.82. The van der Waals surface area contributed by atoms with E-state index in [1.807, 2.05) is 0 Å². The van der Waals surface area contributed by atoms with Gasteiger partial charge >= 0.3 is 0 Å². The van der Waals surface area contributed by atoms with Crippen LogP contribution < -0.4 is 0 Å². The Bertz CT molecular complexity index is 701. The summed E-state index contributed by atoms with van der Waals surface area (Å²) in [5.41, 5.74) is 2.80. The van der Waals surface area contributed by atoms with Crippen molar-refractivity contribution in [1.82, 2.24) is 19.7 Å². The molecule has 1 saturated heterocycles. The Morgan fingerprint density at radius 3 is 2.68 bits per heavy atom. The van der Waals surface area contributed by atoms with Crippen molar-refractivity contribution in [2.45, 2.75) is 58.2 Å². The van der Waals surface area contributed by atoms with E-state index in [0.717, 1.165) is 63.7 Å². The fraction of sp³-hybridized carbons (Fsp3) is 0.600. The fourth-order valence-electron chi connectivity index (χ4n) is 3.83. The molecule has 1 fully saturated rings. The van der Waals surface area contributed by atoms with Gasteiger partial charge in [-0.2, -0.15) is 0 Å². The van der Waals surface area contributed by atoms with E-state index in [4.69, 9.17) is 4.74 Å². The summed E-state index contributed by atoms with van der Waals surface area (Å²) in [4.78, 5) is 2.53. The number of fused-ring (bicyclic) bond motifs is 1. The van der Waals surface area contributed by atoms with E-state index in [1.165, 1.54) is 11.1 Å². The lowest BCUT2D eigenvalue weighted by molar-refractivity contribution is 0.101. The standard InChI is InChI=1S/C20H28N4O/c1-15(2)17-7-5-16(6-8-17)14-23-10-9-19-21-22-20(24(19)12-11-23)18-4-3-13-25-18/h5-8,15,18H,3-4,9-14H2,1-2H3/t18-/m0/s1. The van der Waals surface area contributed by atoms with Crippen molar-refractivity contribution in [2.24, 2.45) is 0 Å². The number of rotatable bonds is 4. The third-order valence-electron chi connectivity index (χ3n) is 5.42. The Balaban J connectivity index is 1.41. The summed E-state index contributed by atoms with van der Waals surface area (Å²) in [6.07, 6.45) is 3.32. The van der Waals surface area contributed by atoms with Crippen LogP contribution in [0.1, 0.15) is 61.5 Å². The van der Waals surface area contributed by atoms with Gasteiger partial charge in [-0.15, -0.1) is 10.2 Å². The van der Waals surface area contributed by atoms with Crippen LogP contribution in [0.3, 0.4) is 0 Å². The number of benzene rings is 1. The molecule has 0 radical (unpaired) electrons. The topological polar surface area (TPSA) is 43.2 Å². The molecule has 0 N–H and O–H groups in total. The molecule has 1 atom stereocenters. The van der Waals surface area contributed by atoms with E-state index < -0.39 is 0 Å². The van der Waals surface area contributed by atoms with Crippen LogP contribution in [-0.4, -0.2) is 39.4 Å². The molecule has 0 spiro atoms. The quantitative estimate of drug-likeness (QED) is 0.856. The second-order valence-electron chi connectivity index (χ2n) is 7.55. The number of hydrogen-bond acceptors (Lipinski definition) is 4. The summed E-state index contributed by atoms with van der Waals surface area (Å²) < 4.78 is 8.12. The van der Waals surface area contributed by atoms with Crippen molar-refractivity contribution in [3.05, 3.63) is 47.0 Å². The maximum absolute atomic E-state index is 5.82. The van der Waals surface area contributed by atoms with Gasteiger partial charge in [0.15, 0.2) is 5.82 Å². The van der Waals surface area contributed by atoms with Gasteiger partial charge in [-0.25, -0.2) is 0 Å². The van der Waals surface area contributed by atoms with Gasteiger partial charge in [0.2, 0.25) is 0 Å². The third kappa shape index (κ3) is 3.62. The average molecular weight is 340 g/mol. The number of hydrogen-bond donors (Lipinski definition) is 0. The minimum atomic E-state index is 0.149. The normalized spacial score (nSPS) is 21.5. The van der Waals surface area contributed by atoms with Crippen LogP contribution >= 0.6 is 0 Å². The van der Waals surface area contributed by atoms with Crippen LogP contribution in [-0.2, 0) is 24.2 Å². The van der Waals surface area contributed by atoms with Gasteiger partial charge in [0.1, 0.15) is 11.9 Å². The minimum Gasteiger partial charge on any atom is -0.370 e. The van der Waals surface area contributed by atoms with Gasteiger partial charge in [-0.3, -0.25) is 4.90 Å². The van der Waals surface area contributed by atoms with Crippen LogP contribution in [0.25, 0.3) is 0 Å². The molecular formula is C20H28N4O. The molecule has 5 heteroatoms. The first-order valence-electron chi connectivity index (χ1n) is 9.55. The zero-order valence-electron chi connectivity index (χ0n) is 15.3. The maximum Gasteiger partial charge on any atom is 0.162 e. The molecule has 0 saturated carbocycles. The van der Waals surface area contributed by atoms with Gasteiger partial charge in [0.25, 0.3) is 0 Å². The van der Waals surface area contributed by atoms with E-state index in [-0.39, 0.29) is 6.10 Å². The summed E-state index contributed by atoms with van der Waals surface area (Å²) in [7, 11) is 0. The monoisotopic (exact) mass is 340 g/mol. The molecule has 2 aromatic rings. The van der Waals surface area contributed by atoms with Crippen LogP contribution in [0.15, 0.2) is 24.3 Å². The lowest BCUT2D eigenvalue weighted by atomic mass is 10.0. The molecule has 4 rings (SSSR count). The Kier molecular flexibility index (Phi) is 4.86. The summed E-state index contributed by atoms with van der Waals surface area (Å²) in [6.45, 7) is 9.38. The molecular weight excluding hydrogens is 312 g/mol. The highest BCUT2D eigenvalue weighted by atomic mass is 16.5.